The summed E-state index contributed by atoms with van der Waals surface area (Å²) in [5.41, 5.74) is 0.651. The zero-order chi connectivity index (χ0) is 19.0. The van der Waals surface area contributed by atoms with Crippen LogP contribution in [0.3, 0.4) is 0 Å². The number of hydrogen-bond donors (Lipinski definition) is 1. The van der Waals surface area contributed by atoms with E-state index in [4.69, 9.17) is 9.84 Å². The average molecular weight is 372 g/mol. The Morgan fingerprint density at radius 3 is 2.81 bits per heavy atom. The van der Waals surface area contributed by atoms with Gasteiger partial charge in [-0.05, 0) is 25.0 Å². The number of ether oxygens (including phenoxy) is 1. The van der Waals surface area contributed by atoms with E-state index in [0.717, 1.165) is 49.8 Å². The summed E-state index contributed by atoms with van der Waals surface area (Å²) < 4.78 is 7.36. The first-order valence-corrected chi connectivity index (χ1v) is 9.76. The number of hydrogen-bond acceptors (Lipinski definition) is 6. The van der Waals surface area contributed by atoms with Crippen LogP contribution in [0.25, 0.3) is 5.65 Å². The van der Waals surface area contributed by atoms with Crippen LogP contribution in [0.5, 0.6) is 0 Å². The molecule has 27 heavy (non-hydrogen) atoms. The van der Waals surface area contributed by atoms with Gasteiger partial charge in [0.15, 0.2) is 11.5 Å². The molecule has 146 valence electrons. The van der Waals surface area contributed by atoms with Crippen molar-refractivity contribution in [2.75, 3.05) is 31.1 Å². The first-order valence-electron chi connectivity index (χ1n) is 9.76. The second kappa shape index (κ2) is 7.07. The number of carbonyl (C=O) groups excluding carboxylic acids is 1. The van der Waals surface area contributed by atoms with Gasteiger partial charge in [0.05, 0.1) is 12.5 Å². The van der Waals surface area contributed by atoms with Crippen molar-refractivity contribution in [3.8, 4) is 0 Å². The number of anilines is 1. The first-order chi connectivity index (χ1) is 12.9. The maximum absolute atomic E-state index is 12.0. The lowest BCUT2D eigenvalue weighted by molar-refractivity contribution is -0.123. The largest absolute Gasteiger partial charge is 0.378 e. The third kappa shape index (κ3) is 3.90. The third-order valence-corrected chi connectivity index (χ3v) is 5.23. The highest BCUT2D eigenvalue weighted by Crippen LogP contribution is 2.25. The fraction of sp³-hybridized carbons (Fsp3) is 0.684. The van der Waals surface area contributed by atoms with E-state index in [-0.39, 0.29) is 17.4 Å². The van der Waals surface area contributed by atoms with E-state index in [1.165, 1.54) is 0 Å². The van der Waals surface area contributed by atoms with Gasteiger partial charge in [0.2, 0.25) is 5.91 Å². The summed E-state index contributed by atoms with van der Waals surface area (Å²) in [7, 11) is 0. The normalized spacial score (nSPS) is 20.9. The molecule has 1 N–H and O–H groups in total. The van der Waals surface area contributed by atoms with Crippen molar-refractivity contribution in [2.24, 2.45) is 5.92 Å². The molecular weight excluding hydrogens is 344 g/mol. The van der Waals surface area contributed by atoms with Crippen LogP contribution in [0.2, 0.25) is 0 Å². The Hall–Kier alpha value is -2.22. The molecule has 1 unspecified atom stereocenters. The number of fused-ring (bicyclic) bond motifs is 1. The highest BCUT2D eigenvalue weighted by molar-refractivity contribution is 5.76. The molecule has 2 saturated heterocycles. The SMILES string of the molecule is CC(C)(C)c1nnc2ccc(N3CC(CNC(=O)CC4CCCO4)C3)nn12. The van der Waals surface area contributed by atoms with Gasteiger partial charge in [0, 0.05) is 37.6 Å². The van der Waals surface area contributed by atoms with Crippen molar-refractivity contribution < 1.29 is 9.53 Å². The Morgan fingerprint density at radius 1 is 1.30 bits per heavy atom. The van der Waals surface area contributed by atoms with Crippen LogP contribution < -0.4 is 10.2 Å². The standard InChI is InChI=1S/C19H28N6O2/c1-19(2,3)18-22-21-15-6-7-16(23-25(15)18)24-11-13(12-24)10-20-17(26)9-14-5-4-8-27-14/h6-7,13-14H,4-5,8-12H2,1-3H3,(H,20,26). The lowest BCUT2D eigenvalue weighted by Crippen LogP contribution is -2.52. The number of aromatic nitrogens is 4. The number of nitrogens with zero attached hydrogens (tertiary/aromatic N) is 5. The number of nitrogens with one attached hydrogen (secondary N) is 1. The van der Waals surface area contributed by atoms with E-state index >= 15 is 0 Å². The molecule has 0 aromatic carbocycles. The zero-order valence-corrected chi connectivity index (χ0v) is 16.3. The molecular formula is C19H28N6O2. The minimum Gasteiger partial charge on any atom is -0.378 e. The summed E-state index contributed by atoms with van der Waals surface area (Å²) >= 11 is 0. The minimum absolute atomic E-state index is 0.0965. The molecule has 2 aliphatic rings. The quantitative estimate of drug-likeness (QED) is 0.857. The van der Waals surface area contributed by atoms with Crippen LogP contribution in [-0.2, 0) is 14.9 Å². The predicted octanol–water partition coefficient (Wildman–Crippen LogP) is 1.54. The van der Waals surface area contributed by atoms with E-state index in [2.05, 4.69) is 41.2 Å². The second-order valence-corrected chi connectivity index (χ2v) is 8.65. The minimum atomic E-state index is -0.115. The average Bonchev–Trinajstić information content (AvgIpc) is 3.21. The summed E-state index contributed by atoms with van der Waals surface area (Å²) in [6.45, 7) is 9.61. The monoisotopic (exact) mass is 372 g/mol. The van der Waals surface area contributed by atoms with Gasteiger partial charge in [0.25, 0.3) is 0 Å². The molecule has 8 nitrogen and oxygen atoms in total. The first kappa shape index (κ1) is 18.2. The number of rotatable bonds is 5. The van der Waals surface area contributed by atoms with Gasteiger partial charge >= 0.3 is 0 Å². The molecule has 2 aromatic rings. The van der Waals surface area contributed by atoms with Crippen LogP contribution in [0, 0.1) is 5.92 Å². The second-order valence-electron chi connectivity index (χ2n) is 8.65. The Labute approximate surface area is 159 Å². The molecule has 0 aliphatic carbocycles. The fourth-order valence-electron chi connectivity index (χ4n) is 3.64. The Kier molecular flexibility index (Phi) is 4.75. The van der Waals surface area contributed by atoms with Crippen LogP contribution in [0.1, 0.15) is 45.9 Å². The summed E-state index contributed by atoms with van der Waals surface area (Å²) in [6, 6.07) is 3.95. The molecule has 2 fully saturated rings. The Balaban J connectivity index is 1.30. The fourth-order valence-corrected chi connectivity index (χ4v) is 3.64. The summed E-state index contributed by atoms with van der Waals surface area (Å²) in [5.74, 6) is 2.34. The zero-order valence-electron chi connectivity index (χ0n) is 16.3. The van der Waals surface area contributed by atoms with Gasteiger partial charge < -0.3 is 15.0 Å². The molecule has 0 saturated carbocycles. The van der Waals surface area contributed by atoms with Crippen molar-refractivity contribution in [3.05, 3.63) is 18.0 Å². The van der Waals surface area contributed by atoms with Gasteiger partial charge in [-0.3, -0.25) is 4.79 Å². The highest BCUT2D eigenvalue weighted by Gasteiger charge is 2.30. The lowest BCUT2D eigenvalue weighted by Gasteiger charge is -2.40. The highest BCUT2D eigenvalue weighted by atomic mass is 16.5. The van der Waals surface area contributed by atoms with Crippen LogP contribution in [-0.4, -0.2) is 58.1 Å². The summed E-state index contributed by atoms with van der Waals surface area (Å²) in [5, 5.41) is 16.3. The molecule has 8 heteroatoms. The van der Waals surface area contributed by atoms with Crippen molar-refractivity contribution in [3.63, 3.8) is 0 Å². The van der Waals surface area contributed by atoms with Crippen molar-refractivity contribution in [2.45, 2.75) is 51.6 Å². The van der Waals surface area contributed by atoms with Crippen molar-refractivity contribution in [1.82, 2.24) is 25.1 Å². The maximum Gasteiger partial charge on any atom is 0.222 e. The molecule has 2 aliphatic heterocycles. The molecule has 2 aromatic heterocycles. The summed E-state index contributed by atoms with van der Waals surface area (Å²) in [6.07, 6.45) is 2.66. The Bertz CT molecular complexity index is 815. The van der Waals surface area contributed by atoms with Gasteiger partial charge in [-0.2, -0.15) is 4.52 Å². The van der Waals surface area contributed by atoms with Crippen molar-refractivity contribution in [1.29, 1.82) is 0 Å². The van der Waals surface area contributed by atoms with Gasteiger partial charge in [-0.25, -0.2) is 0 Å². The molecule has 0 bridgehead atoms. The maximum atomic E-state index is 12.0. The number of amides is 1. The smallest absolute Gasteiger partial charge is 0.222 e. The molecule has 4 heterocycles. The van der Waals surface area contributed by atoms with Crippen molar-refractivity contribution >= 4 is 17.4 Å². The van der Waals surface area contributed by atoms with E-state index in [9.17, 15) is 4.79 Å². The van der Waals surface area contributed by atoms with Gasteiger partial charge in [0.1, 0.15) is 5.82 Å². The van der Waals surface area contributed by atoms with E-state index in [0.29, 0.717) is 18.9 Å². The molecule has 1 amide bonds. The van der Waals surface area contributed by atoms with Gasteiger partial charge in [-0.1, -0.05) is 20.8 Å². The Morgan fingerprint density at radius 2 is 2.11 bits per heavy atom. The lowest BCUT2D eigenvalue weighted by atomic mass is 9.96. The predicted molar refractivity (Wildman–Crippen MR) is 102 cm³/mol. The molecule has 1 atom stereocenters. The summed E-state index contributed by atoms with van der Waals surface area (Å²) in [4.78, 5) is 14.2. The van der Waals surface area contributed by atoms with E-state index in [1.807, 2.05) is 16.6 Å². The third-order valence-electron chi connectivity index (χ3n) is 5.23. The van der Waals surface area contributed by atoms with Gasteiger partial charge in [-0.15, -0.1) is 15.3 Å². The molecule has 0 spiro atoms. The topological polar surface area (TPSA) is 84.7 Å². The van der Waals surface area contributed by atoms with E-state index in [1.54, 1.807) is 0 Å². The number of carbonyl (C=O) groups is 1. The molecule has 4 rings (SSSR count). The van der Waals surface area contributed by atoms with Crippen LogP contribution >= 0.6 is 0 Å². The van der Waals surface area contributed by atoms with Crippen LogP contribution in [0.15, 0.2) is 12.1 Å². The van der Waals surface area contributed by atoms with E-state index < -0.39 is 0 Å². The van der Waals surface area contributed by atoms with Crippen LogP contribution in [0.4, 0.5) is 5.82 Å². The molecule has 0 radical (unpaired) electrons.